The molecular weight excluding hydrogens is 218 g/mol. The van der Waals surface area contributed by atoms with Crippen molar-refractivity contribution in [3.05, 3.63) is 23.4 Å². The highest BCUT2D eigenvalue weighted by atomic mass is 16.5. The molecule has 0 bridgehead atoms. The molecule has 1 rings (SSSR count). The number of methoxy groups -OCH3 is 3. The van der Waals surface area contributed by atoms with Gasteiger partial charge in [-0.15, -0.1) is 0 Å². The van der Waals surface area contributed by atoms with Crippen molar-refractivity contribution in [2.75, 3.05) is 28.4 Å². The fourth-order valence-corrected chi connectivity index (χ4v) is 1.51. The van der Waals surface area contributed by atoms with Crippen LogP contribution in [0.5, 0.6) is 17.2 Å². The fourth-order valence-electron chi connectivity index (χ4n) is 1.51. The first-order chi connectivity index (χ1) is 8.15. The van der Waals surface area contributed by atoms with E-state index in [2.05, 4.69) is 5.32 Å². The van der Waals surface area contributed by atoms with E-state index in [0.29, 0.717) is 17.2 Å². The molecule has 0 spiro atoms. The lowest BCUT2D eigenvalue weighted by Crippen LogP contribution is -2.01. The average molecular weight is 237 g/mol. The van der Waals surface area contributed by atoms with E-state index in [-0.39, 0.29) is 0 Å². The first-order valence-electron chi connectivity index (χ1n) is 5.32. The first kappa shape index (κ1) is 13.2. The number of ether oxygens (including phenoxy) is 3. The monoisotopic (exact) mass is 237 g/mol. The van der Waals surface area contributed by atoms with Crippen LogP contribution in [0, 0.1) is 0 Å². The third kappa shape index (κ3) is 3.06. The lowest BCUT2D eigenvalue weighted by atomic mass is 10.1. The minimum Gasteiger partial charge on any atom is -0.493 e. The summed E-state index contributed by atoms with van der Waals surface area (Å²) in [5, 5.41) is 3.07. The van der Waals surface area contributed by atoms with Crippen molar-refractivity contribution in [2.24, 2.45) is 0 Å². The van der Waals surface area contributed by atoms with E-state index < -0.39 is 0 Å². The smallest absolute Gasteiger partial charge is 0.203 e. The lowest BCUT2D eigenvalue weighted by molar-refractivity contribution is 0.324. The first-order valence-corrected chi connectivity index (χ1v) is 5.32. The van der Waals surface area contributed by atoms with E-state index in [1.54, 1.807) is 21.3 Å². The molecule has 4 nitrogen and oxygen atoms in total. The zero-order valence-corrected chi connectivity index (χ0v) is 11.0. The van der Waals surface area contributed by atoms with Crippen LogP contribution in [0.2, 0.25) is 0 Å². The Morgan fingerprint density at radius 2 is 1.59 bits per heavy atom. The second kappa shape index (κ2) is 6.03. The van der Waals surface area contributed by atoms with E-state index in [1.165, 1.54) is 0 Å². The maximum Gasteiger partial charge on any atom is 0.203 e. The number of hydrogen-bond acceptors (Lipinski definition) is 4. The van der Waals surface area contributed by atoms with Crippen molar-refractivity contribution in [1.82, 2.24) is 5.32 Å². The molecular formula is C13H19NO3. The minimum atomic E-state index is 0.606. The molecule has 0 saturated carbocycles. The predicted octanol–water partition coefficient (Wildman–Crippen LogP) is 2.29. The number of hydrogen-bond donors (Lipinski definition) is 1. The fraction of sp³-hybridized carbons (Fsp3) is 0.385. The minimum absolute atomic E-state index is 0.606. The largest absolute Gasteiger partial charge is 0.493 e. The summed E-state index contributed by atoms with van der Waals surface area (Å²) in [6.45, 7) is 1.99. The third-order valence-corrected chi connectivity index (χ3v) is 2.46. The number of nitrogens with one attached hydrogen (secondary N) is 1. The quantitative estimate of drug-likeness (QED) is 0.853. The van der Waals surface area contributed by atoms with Gasteiger partial charge in [-0.05, 0) is 30.7 Å². The molecule has 17 heavy (non-hydrogen) atoms. The van der Waals surface area contributed by atoms with Gasteiger partial charge in [-0.2, -0.15) is 0 Å². The van der Waals surface area contributed by atoms with E-state index in [1.807, 2.05) is 32.2 Å². The van der Waals surface area contributed by atoms with Gasteiger partial charge >= 0.3 is 0 Å². The Kier molecular flexibility index (Phi) is 4.69. The molecule has 94 valence electrons. The highest BCUT2D eigenvalue weighted by Crippen LogP contribution is 2.38. The van der Waals surface area contributed by atoms with Gasteiger partial charge in [0.15, 0.2) is 11.5 Å². The standard InChI is InChI=1S/C13H19NO3/c1-9(14-2)6-10-7-11(15-3)13(17-5)12(8-10)16-4/h6-8,14H,1-5H3/b9-6-. The molecule has 0 aliphatic carbocycles. The van der Waals surface area contributed by atoms with Gasteiger partial charge < -0.3 is 19.5 Å². The Labute approximate surface area is 102 Å². The highest BCUT2D eigenvalue weighted by molar-refractivity contribution is 5.63. The Hall–Kier alpha value is -1.84. The van der Waals surface area contributed by atoms with Crippen molar-refractivity contribution in [1.29, 1.82) is 0 Å². The topological polar surface area (TPSA) is 39.7 Å². The van der Waals surface area contributed by atoms with Crippen molar-refractivity contribution < 1.29 is 14.2 Å². The van der Waals surface area contributed by atoms with Crippen LogP contribution in [0.3, 0.4) is 0 Å². The van der Waals surface area contributed by atoms with Gasteiger partial charge in [0.2, 0.25) is 5.75 Å². The van der Waals surface area contributed by atoms with Crippen LogP contribution >= 0.6 is 0 Å². The summed E-state index contributed by atoms with van der Waals surface area (Å²) >= 11 is 0. The summed E-state index contributed by atoms with van der Waals surface area (Å²) in [6, 6.07) is 3.81. The van der Waals surface area contributed by atoms with Gasteiger partial charge in [-0.25, -0.2) is 0 Å². The molecule has 0 atom stereocenters. The third-order valence-electron chi connectivity index (χ3n) is 2.46. The molecule has 0 aliphatic heterocycles. The van der Waals surface area contributed by atoms with Gasteiger partial charge in [0.1, 0.15) is 0 Å². The summed E-state index contributed by atoms with van der Waals surface area (Å²) in [5.74, 6) is 1.92. The van der Waals surface area contributed by atoms with Crippen molar-refractivity contribution in [3.63, 3.8) is 0 Å². The zero-order chi connectivity index (χ0) is 12.8. The van der Waals surface area contributed by atoms with Crippen LogP contribution in [0.15, 0.2) is 17.8 Å². The molecule has 0 fully saturated rings. The Bertz CT molecular complexity index is 388. The molecule has 1 aromatic rings. The van der Waals surface area contributed by atoms with Gasteiger partial charge in [-0.3, -0.25) is 0 Å². The van der Waals surface area contributed by atoms with Crippen LogP contribution < -0.4 is 19.5 Å². The van der Waals surface area contributed by atoms with Crippen molar-refractivity contribution >= 4 is 6.08 Å². The molecule has 0 unspecified atom stereocenters. The Morgan fingerprint density at radius 1 is 1.06 bits per heavy atom. The number of allylic oxidation sites excluding steroid dienone is 1. The van der Waals surface area contributed by atoms with Crippen LogP contribution in [0.25, 0.3) is 6.08 Å². The summed E-state index contributed by atoms with van der Waals surface area (Å²) in [7, 11) is 6.68. The maximum atomic E-state index is 5.28. The summed E-state index contributed by atoms with van der Waals surface area (Å²) < 4.78 is 15.8. The van der Waals surface area contributed by atoms with E-state index in [9.17, 15) is 0 Å². The van der Waals surface area contributed by atoms with Crippen LogP contribution in [-0.2, 0) is 0 Å². The predicted molar refractivity (Wildman–Crippen MR) is 68.8 cm³/mol. The normalized spacial score (nSPS) is 11.0. The van der Waals surface area contributed by atoms with E-state index >= 15 is 0 Å². The van der Waals surface area contributed by atoms with E-state index in [0.717, 1.165) is 11.3 Å². The average Bonchev–Trinajstić information content (AvgIpc) is 2.37. The van der Waals surface area contributed by atoms with Crippen molar-refractivity contribution in [2.45, 2.75) is 6.92 Å². The maximum absolute atomic E-state index is 5.28. The van der Waals surface area contributed by atoms with Gasteiger partial charge in [0, 0.05) is 12.7 Å². The highest BCUT2D eigenvalue weighted by Gasteiger charge is 2.12. The van der Waals surface area contributed by atoms with Gasteiger partial charge in [0.25, 0.3) is 0 Å². The van der Waals surface area contributed by atoms with Crippen molar-refractivity contribution in [3.8, 4) is 17.2 Å². The SMILES string of the molecule is CN/C(C)=C\c1cc(OC)c(OC)c(OC)c1. The molecule has 0 radical (unpaired) electrons. The van der Waals surface area contributed by atoms with Gasteiger partial charge in [-0.1, -0.05) is 0 Å². The molecule has 0 amide bonds. The van der Waals surface area contributed by atoms with E-state index in [4.69, 9.17) is 14.2 Å². The molecule has 4 heteroatoms. The Balaban J connectivity index is 3.27. The second-order valence-electron chi connectivity index (χ2n) is 3.54. The van der Waals surface area contributed by atoms with Gasteiger partial charge in [0.05, 0.1) is 21.3 Å². The zero-order valence-electron chi connectivity index (χ0n) is 11.0. The number of benzene rings is 1. The molecule has 0 aliphatic rings. The summed E-state index contributed by atoms with van der Waals surface area (Å²) in [5.41, 5.74) is 2.05. The van der Waals surface area contributed by atoms with Crippen LogP contribution in [0.4, 0.5) is 0 Å². The molecule has 1 aromatic carbocycles. The molecule has 0 saturated heterocycles. The number of rotatable bonds is 5. The van der Waals surface area contributed by atoms with Crippen LogP contribution in [-0.4, -0.2) is 28.4 Å². The summed E-state index contributed by atoms with van der Waals surface area (Å²) in [6.07, 6.45) is 2.00. The summed E-state index contributed by atoms with van der Waals surface area (Å²) in [4.78, 5) is 0. The van der Waals surface area contributed by atoms with Crippen LogP contribution in [0.1, 0.15) is 12.5 Å². The Morgan fingerprint density at radius 3 is 1.94 bits per heavy atom. The lowest BCUT2D eigenvalue weighted by Gasteiger charge is -2.13. The second-order valence-corrected chi connectivity index (χ2v) is 3.54. The molecule has 0 heterocycles. The molecule has 0 aromatic heterocycles. The molecule has 1 N–H and O–H groups in total.